The summed E-state index contributed by atoms with van der Waals surface area (Å²) in [5.74, 6) is -5.18. The number of nitrogens with two attached hydrogens (primary N) is 1. The van der Waals surface area contributed by atoms with Gasteiger partial charge in [0.1, 0.15) is 24.9 Å². The Balaban J connectivity index is 2.01. The van der Waals surface area contributed by atoms with Crippen LogP contribution in [0.1, 0.15) is 41.0 Å². The second kappa shape index (κ2) is 12.0. The van der Waals surface area contributed by atoms with Crippen LogP contribution in [0.2, 0.25) is 0 Å². The van der Waals surface area contributed by atoms with Crippen molar-refractivity contribution in [2.75, 3.05) is 6.61 Å². The van der Waals surface area contributed by atoms with E-state index in [0.717, 1.165) is 34.6 Å². The van der Waals surface area contributed by atoms with E-state index >= 15 is 0 Å². The number of carbonyl (C=O) groups excluding carboxylic acids is 6. The van der Waals surface area contributed by atoms with Crippen LogP contribution in [0.3, 0.4) is 0 Å². The van der Waals surface area contributed by atoms with Gasteiger partial charge >= 0.3 is 35.8 Å². The molecule has 2 aliphatic heterocycles. The van der Waals surface area contributed by atoms with Gasteiger partial charge < -0.3 is 43.6 Å². The first-order valence-corrected chi connectivity index (χ1v) is 11.9. The van der Waals surface area contributed by atoms with Crippen LogP contribution in [0.15, 0.2) is 0 Å². The van der Waals surface area contributed by atoms with Crippen molar-refractivity contribution in [1.82, 2.24) is 0 Å². The number of ether oxygens (including phenoxy) is 8. The summed E-state index contributed by atoms with van der Waals surface area (Å²) in [6.45, 7) is 5.08. The normalized spacial score (nSPS) is 35.9. The fraction of sp³-hybridized carbons (Fsp3) is 0.739. The van der Waals surface area contributed by atoms with E-state index < -0.39 is 103 Å². The highest BCUT2D eigenvalue weighted by molar-refractivity contribution is 5.76. The van der Waals surface area contributed by atoms with Gasteiger partial charge in [-0.15, -0.1) is 0 Å². The lowest BCUT2D eigenvalue weighted by Crippen LogP contribution is -2.65. The van der Waals surface area contributed by atoms with Crippen LogP contribution in [0, 0.1) is 5.92 Å². The summed E-state index contributed by atoms with van der Waals surface area (Å²) >= 11 is 0. The summed E-state index contributed by atoms with van der Waals surface area (Å²) in [5.41, 5.74) is 6.32. The Bertz CT molecular complexity index is 968. The van der Waals surface area contributed by atoms with Crippen LogP contribution in [-0.4, -0.2) is 97.5 Å². The lowest BCUT2D eigenvalue weighted by Gasteiger charge is -2.46. The molecule has 0 radical (unpaired) electrons. The SMILES string of the molecule is CC(=O)OC[C@H]1O[C@@H](O[C@@H]2[C@H](N)[C@H]3C[C@H](OC3=O)[C@H]2OC(C)=O)[C@H](OC(C)=O)[C@@H](OC(C)=O)[C@@H]1OC(C)=O. The van der Waals surface area contributed by atoms with Gasteiger partial charge in [-0.05, 0) is 0 Å². The highest BCUT2D eigenvalue weighted by Gasteiger charge is 2.59. The lowest BCUT2D eigenvalue weighted by molar-refractivity contribution is -0.326. The fourth-order valence-corrected chi connectivity index (χ4v) is 4.76. The predicted octanol–water partition coefficient (Wildman–Crippen LogP) is -1.34. The van der Waals surface area contributed by atoms with Gasteiger partial charge in [-0.2, -0.15) is 0 Å². The number of hydrogen-bond acceptors (Lipinski definition) is 15. The number of carbonyl (C=O) groups is 6. The molecular weight excluding hydrogens is 514 g/mol. The van der Waals surface area contributed by atoms with Gasteiger partial charge in [-0.25, -0.2) is 0 Å². The van der Waals surface area contributed by atoms with Crippen molar-refractivity contribution in [3.63, 3.8) is 0 Å². The molecule has 212 valence electrons. The molecule has 3 aliphatic rings. The Labute approximate surface area is 217 Å². The molecule has 3 fully saturated rings. The van der Waals surface area contributed by atoms with Crippen molar-refractivity contribution in [3.05, 3.63) is 0 Å². The highest BCUT2D eigenvalue weighted by Crippen LogP contribution is 2.39. The van der Waals surface area contributed by atoms with Crippen LogP contribution in [0.5, 0.6) is 0 Å². The quantitative estimate of drug-likeness (QED) is 0.277. The molecule has 2 bridgehead atoms. The van der Waals surface area contributed by atoms with Gasteiger partial charge in [0.2, 0.25) is 0 Å². The summed E-state index contributed by atoms with van der Waals surface area (Å²) in [4.78, 5) is 71.5. The molecule has 0 unspecified atom stereocenters. The van der Waals surface area contributed by atoms with Crippen molar-refractivity contribution in [3.8, 4) is 0 Å². The Kier molecular flexibility index (Phi) is 9.27. The van der Waals surface area contributed by atoms with Gasteiger partial charge in [0.05, 0.1) is 5.92 Å². The first kappa shape index (κ1) is 29.3. The molecular formula is C23H31NO14. The van der Waals surface area contributed by atoms with E-state index in [4.69, 9.17) is 43.6 Å². The molecule has 10 atom stereocenters. The van der Waals surface area contributed by atoms with Gasteiger partial charge in [0, 0.05) is 47.1 Å². The second-order valence-corrected chi connectivity index (χ2v) is 9.14. The minimum atomic E-state index is -1.57. The largest absolute Gasteiger partial charge is 0.463 e. The zero-order chi connectivity index (χ0) is 28.3. The molecule has 15 heteroatoms. The number of esters is 6. The Morgan fingerprint density at radius 2 is 1.29 bits per heavy atom. The van der Waals surface area contributed by atoms with E-state index in [-0.39, 0.29) is 6.42 Å². The number of rotatable bonds is 8. The van der Waals surface area contributed by atoms with Crippen LogP contribution in [-0.2, 0) is 66.7 Å². The van der Waals surface area contributed by atoms with Crippen molar-refractivity contribution in [2.24, 2.45) is 11.7 Å². The van der Waals surface area contributed by atoms with E-state index in [9.17, 15) is 28.8 Å². The van der Waals surface area contributed by atoms with E-state index in [0.29, 0.717) is 0 Å². The minimum Gasteiger partial charge on any atom is -0.463 e. The van der Waals surface area contributed by atoms with Crippen molar-refractivity contribution in [1.29, 1.82) is 0 Å². The molecule has 0 aromatic carbocycles. The second-order valence-electron chi connectivity index (χ2n) is 9.14. The molecule has 0 amide bonds. The Hall–Kier alpha value is -3.30. The van der Waals surface area contributed by atoms with Crippen LogP contribution in [0.25, 0.3) is 0 Å². The van der Waals surface area contributed by atoms with Crippen molar-refractivity contribution >= 4 is 35.8 Å². The highest BCUT2D eigenvalue weighted by atomic mass is 16.7. The van der Waals surface area contributed by atoms with Gasteiger partial charge in [0.15, 0.2) is 30.7 Å². The van der Waals surface area contributed by atoms with Crippen LogP contribution >= 0.6 is 0 Å². The summed E-state index contributed by atoms with van der Waals surface area (Å²) in [6.07, 6.45) is -10.2. The molecule has 2 heterocycles. The van der Waals surface area contributed by atoms with Gasteiger partial charge in [-0.3, -0.25) is 28.8 Å². The molecule has 0 aromatic rings. The topological polar surface area (TPSA) is 202 Å². The number of fused-ring (bicyclic) bond motifs is 2. The van der Waals surface area contributed by atoms with Crippen LogP contribution in [0.4, 0.5) is 0 Å². The maximum Gasteiger partial charge on any atom is 0.311 e. The predicted molar refractivity (Wildman–Crippen MR) is 118 cm³/mol. The van der Waals surface area contributed by atoms with Crippen LogP contribution < -0.4 is 5.73 Å². The maximum atomic E-state index is 12.3. The third kappa shape index (κ3) is 6.76. The lowest BCUT2D eigenvalue weighted by atomic mass is 9.81. The molecule has 1 aliphatic carbocycles. The van der Waals surface area contributed by atoms with E-state index in [1.807, 2.05) is 0 Å². The zero-order valence-electron chi connectivity index (χ0n) is 21.5. The smallest absolute Gasteiger partial charge is 0.311 e. The first-order chi connectivity index (χ1) is 17.8. The molecule has 1 saturated carbocycles. The minimum absolute atomic E-state index is 0.191. The summed E-state index contributed by atoms with van der Waals surface area (Å²) in [5, 5.41) is 0. The molecule has 2 saturated heterocycles. The third-order valence-corrected chi connectivity index (χ3v) is 6.13. The van der Waals surface area contributed by atoms with E-state index in [1.54, 1.807) is 0 Å². The Morgan fingerprint density at radius 1 is 0.763 bits per heavy atom. The Morgan fingerprint density at radius 3 is 1.84 bits per heavy atom. The van der Waals surface area contributed by atoms with Gasteiger partial charge in [-0.1, -0.05) is 0 Å². The first-order valence-electron chi connectivity index (χ1n) is 11.9. The molecule has 15 nitrogen and oxygen atoms in total. The standard InChI is InChI=1S/C23H31NO14/c1-8(25)31-7-15-18(33-10(3)27)20(34-11(4)28)21(35-12(5)29)23(37-15)38-19-16(24)13-6-14(36-22(13)30)17(19)32-9(2)26/h13-21,23H,6-7,24H2,1-5H3/t13-,14+,15-,16-,17-,18-,19-,20+,21-,23+/m1/s1. The van der Waals surface area contributed by atoms with E-state index in [1.165, 1.54) is 0 Å². The maximum absolute atomic E-state index is 12.3. The average Bonchev–Trinajstić information content (AvgIpc) is 3.14. The van der Waals surface area contributed by atoms with Crippen molar-refractivity contribution < 1.29 is 66.7 Å². The summed E-state index contributed by atoms with van der Waals surface area (Å²) in [6, 6.07) is -1.03. The zero-order valence-corrected chi connectivity index (χ0v) is 21.5. The molecule has 3 rings (SSSR count). The molecule has 0 aromatic heterocycles. The molecule has 0 spiro atoms. The summed E-state index contributed by atoms with van der Waals surface area (Å²) < 4.78 is 43.8. The monoisotopic (exact) mass is 545 g/mol. The van der Waals surface area contributed by atoms with Gasteiger partial charge in [0.25, 0.3) is 0 Å². The van der Waals surface area contributed by atoms with E-state index in [2.05, 4.69) is 0 Å². The summed E-state index contributed by atoms with van der Waals surface area (Å²) in [7, 11) is 0. The van der Waals surface area contributed by atoms with Crippen molar-refractivity contribution in [2.45, 2.75) is 96.1 Å². The molecule has 2 N–H and O–H groups in total. The average molecular weight is 545 g/mol. The third-order valence-electron chi connectivity index (χ3n) is 6.13. The fourth-order valence-electron chi connectivity index (χ4n) is 4.76. The molecule has 38 heavy (non-hydrogen) atoms. The number of hydrogen-bond donors (Lipinski definition) is 1.